The maximum Gasteiger partial charge on any atom is 0.414 e. The van der Waals surface area contributed by atoms with E-state index in [2.05, 4.69) is 72.8 Å². The zero-order chi connectivity index (χ0) is 43.6. The Morgan fingerprint density at radius 1 is 0.565 bits per heavy atom. The van der Waals surface area contributed by atoms with Gasteiger partial charge in [0.2, 0.25) is 0 Å². The van der Waals surface area contributed by atoms with Gasteiger partial charge >= 0.3 is 12.2 Å². The SMILES string of the molecule is C.CC(C)(C)OC(=O)N1CCc2cc(O)ccc21.CC(C)(C)OC(=O)N1CCc2cc(OCc3ccc(-c4ccccc4)cc3)ccc21.ClCc1ccc(-c2ccccc2)cc1. The molecular formula is C53H59ClN2O6. The number of hydrogen-bond acceptors (Lipinski definition) is 6. The number of ether oxygens (including phenoxy) is 3. The molecule has 324 valence electrons. The van der Waals surface area contributed by atoms with E-state index in [4.69, 9.17) is 25.8 Å². The molecule has 6 aromatic rings. The monoisotopic (exact) mass is 854 g/mol. The van der Waals surface area contributed by atoms with E-state index in [9.17, 15) is 14.7 Å². The van der Waals surface area contributed by atoms with Crippen LogP contribution in [-0.2, 0) is 34.8 Å². The molecule has 0 aromatic heterocycles. The normalized spacial score (nSPS) is 12.6. The average molecular weight is 856 g/mol. The molecule has 62 heavy (non-hydrogen) atoms. The number of nitrogens with zero attached hydrogens (tertiary/aromatic N) is 2. The van der Waals surface area contributed by atoms with Crippen LogP contribution in [0.2, 0.25) is 0 Å². The molecule has 0 atom stereocenters. The molecule has 0 spiro atoms. The number of carbonyl (C=O) groups excluding carboxylic acids is 2. The number of alkyl halides is 1. The summed E-state index contributed by atoms with van der Waals surface area (Å²) in [4.78, 5) is 27.7. The van der Waals surface area contributed by atoms with E-state index in [-0.39, 0.29) is 25.4 Å². The number of hydrogen-bond donors (Lipinski definition) is 1. The molecule has 0 aliphatic carbocycles. The van der Waals surface area contributed by atoms with Crippen molar-refractivity contribution >= 4 is 35.2 Å². The first-order valence-electron chi connectivity index (χ1n) is 20.6. The first kappa shape index (κ1) is 46.8. The molecule has 9 heteroatoms. The molecule has 8 nitrogen and oxygen atoms in total. The van der Waals surface area contributed by atoms with Crippen molar-refractivity contribution < 1.29 is 28.9 Å². The Morgan fingerprint density at radius 3 is 1.44 bits per heavy atom. The fourth-order valence-corrected chi connectivity index (χ4v) is 7.06. The zero-order valence-electron chi connectivity index (χ0n) is 35.9. The van der Waals surface area contributed by atoms with Gasteiger partial charge in [-0.2, -0.15) is 0 Å². The molecule has 6 aromatic carbocycles. The second-order valence-electron chi connectivity index (χ2n) is 16.9. The maximum atomic E-state index is 12.4. The van der Waals surface area contributed by atoms with Crippen LogP contribution in [0.5, 0.6) is 11.5 Å². The molecule has 2 aliphatic heterocycles. The van der Waals surface area contributed by atoms with E-state index in [1.165, 1.54) is 22.3 Å². The molecule has 0 radical (unpaired) electrons. The van der Waals surface area contributed by atoms with Gasteiger partial charge < -0.3 is 19.3 Å². The predicted molar refractivity (Wildman–Crippen MR) is 253 cm³/mol. The van der Waals surface area contributed by atoms with Gasteiger partial charge in [-0.1, -0.05) is 117 Å². The number of halogens is 1. The largest absolute Gasteiger partial charge is 0.508 e. The average Bonchev–Trinajstić information content (AvgIpc) is 3.87. The van der Waals surface area contributed by atoms with Crippen LogP contribution >= 0.6 is 11.6 Å². The van der Waals surface area contributed by atoms with Crippen LogP contribution in [0, 0.1) is 0 Å². The number of phenolic OH excluding ortho intramolecular Hbond substituents is 1. The highest BCUT2D eigenvalue weighted by Crippen LogP contribution is 2.34. The topological polar surface area (TPSA) is 88.5 Å². The third-order valence-corrected chi connectivity index (χ3v) is 10.1. The maximum absolute atomic E-state index is 12.4. The van der Waals surface area contributed by atoms with Crippen molar-refractivity contribution in [3.8, 4) is 33.8 Å². The van der Waals surface area contributed by atoms with Crippen molar-refractivity contribution in [3.05, 3.63) is 168 Å². The Balaban J connectivity index is 0.000000192. The van der Waals surface area contributed by atoms with E-state index in [0.29, 0.717) is 25.6 Å². The predicted octanol–water partition coefficient (Wildman–Crippen LogP) is 13.6. The summed E-state index contributed by atoms with van der Waals surface area (Å²) < 4.78 is 16.8. The fourth-order valence-electron chi connectivity index (χ4n) is 6.88. The third kappa shape index (κ3) is 13.1. The van der Waals surface area contributed by atoms with Crippen LogP contribution < -0.4 is 14.5 Å². The van der Waals surface area contributed by atoms with Gasteiger partial charge in [0.25, 0.3) is 0 Å². The highest BCUT2D eigenvalue weighted by atomic mass is 35.5. The Kier molecular flexibility index (Phi) is 15.9. The van der Waals surface area contributed by atoms with Gasteiger partial charge in [0, 0.05) is 19.0 Å². The van der Waals surface area contributed by atoms with E-state index < -0.39 is 11.2 Å². The van der Waals surface area contributed by atoms with Crippen molar-refractivity contribution in [2.45, 2.75) is 85.5 Å². The van der Waals surface area contributed by atoms with Gasteiger partial charge in [-0.25, -0.2) is 9.59 Å². The lowest BCUT2D eigenvalue weighted by molar-refractivity contribution is 0.0573. The van der Waals surface area contributed by atoms with Crippen LogP contribution in [0.25, 0.3) is 22.3 Å². The fraction of sp³-hybridized carbons (Fsp3) is 0.283. The second-order valence-corrected chi connectivity index (χ2v) is 17.2. The highest BCUT2D eigenvalue weighted by molar-refractivity contribution is 6.17. The van der Waals surface area contributed by atoms with Crippen LogP contribution in [-0.4, -0.2) is 41.6 Å². The number of anilines is 2. The smallest absolute Gasteiger partial charge is 0.414 e. The van der Waals surface area contributed by atoms with Crippen LogP contribution in [0.3, 0.4) is 0 Å². The summed E-state index contributed by atoms with van der Waals surface area (Å²) >= 11 is 5.73. The number of aromatic hydroxyl groups is 1. The molecule has 2 amide bonds. The molecule has 0 fully saturated rings. The minimum atomic E-state index is -0.501. The van der Waals surface area contributed by atoms with Gasteiger partial charge in [-0.15, -0.1) is 11.6 Å². The van der Waals surface area contributed by atoms with Gasteiger partial charge in [-0.3, -0.25) is 9.80 Å². The number of fused-ring (bicyclic) bond motifs is 2. The Labute approximate surface area is 372 Å². The van der Waals surface area contributed by atoms with Crippen molar-refractivity contribution in [1.29, 1.82) is 0 Å². The number of phenols is 1. The summed E-state index contributed by atoms with van der Waals surface area (Å²) in [6, 6.07) is 48.4. The van der Waals surface area contributed by atoms with Crippen molar-refractivity contribution in [3.63, 3.8) is 0 Å². The van der Waals surface area contributed by atoms with Crippen molar-refractivity contribution in [2.75, 3.05) is 22.9 Å². The van der Waals surface area contributed by atoms with Gasteiger partial charge in [-0.05, 0) is 135 Å². The van der Waals surface area contributed by atoms with E-state index >= 15 is 0 Å². The van der Waals surface area contributed by atoms with Crippen LogP contribution in [0.1, 0.15) is 71.2 Å². The van der Waals surface area contributed by atoms with Gasteiger partial charge in [0.1, 0.15) is 29.3 Å². The number of rotatable bonds is 6. The molecule has 8 rings (SSSR count). The van der Waals surface area contributed by atoms with Crippen molar-refractivity contribution in [2.24, 2.45) is 0 Å². The van der Waals surface area contributed by atoms with E-state index in [0.717, 1.165) is 52.2 Å². The molecule has 0 unspecified atom stereocenters. The van der Waals surface area contributed by atoms with Gasteiger partial charge in [0.15, 0.2) is 0 Å². The minimum Gasteiger partial charge on any atom is -0.508 e. The van der Waals surface area contributed by atoms with E-state index in [1.807, 2.05) is 96.1 Å². The quantitative estimate of drug-likeness (QED) is 0.168. The number of amides is 2. The molecule has 1 N–H and O–H groups in total. The summed E-state index contributed by atoms with van der Waals surface area (Å²) in [5.41, 5.74) is 9.99. The van der Waals surface area contributed by atoms with Crippen LogP contribution in [0.15, 0.2) is 146 Å². The molecule has 0 saturated carbocycles. The van der Waals surface area contributed by atoms with E-state index in [1.54, 1.807) is 28.0 Å². The molecule has 0 saturated heterocycles. The summed E-state index contributed by atoms with van der Waals surface area (Å²) in [5.74, 6) is 1.62. The minimum absolute atomic E-state index is 0. The summed E-state index contributed by atoms with van der Waals surface area (Å²) in [5, 5.41) is 9.37. The first-order chi connectivity index (χ1) is 29.2. The lowest BCUT2D eigenvalue weighted by Crippen LogP contribution is -2.35. The summed E-state index contributed by atoms with van der Waals surface area (Å²) in [7, 11) is 0. The first-order valence-corrected chi connectivity index (χ1v) is 21.1. The zero-order valence-corrected chi connectivity index (χ0v) is 36.6. The Hall–Kier alpha value is -6.25. The Morgan fingerprint density at radius 2 is 0.984 bits per heavy atom. The second kappa shape index (κ2) is 21.0. The Bertz CT molecular complexity index is 2370. The lowest BCUT2D eigenvalue weighted by atomic mass is 10.0. The molecule has 0 bridgehead atoms. The summed E-state index contributed by atoms with van der Waals surface area (Å²) in [6.07, 6.45) is 0.927. The molecule has 2 aliphatic rings. The van der Waals surface area contributed by atoms with Crippen LogP contribution in [0.4, 0.5) is 21.0 Å². The molecule has 2 heterocycles. The molecular weight excluding hydrogens is 796 g/mol. The standard InChI is InChI=1S/C26H27NO3.C13H11Cl.C13H17NO3.CH4/c1-26(2,3)30-25(28)27-16-15-22-17-23(13-14-24(22)27)29-18-19-9-11-21(12-10-19)20-7-5-4-6-8-20;14-10-11-6-8-13(9-7-11)12-4-2-1-3-5-12;1-13(2,3)17-12(16)14-7-6-9-8-10(15)4-5-11(9)14;/h4-14,17H,15-16,18H2,1-3H3;1-9H,10H2;4-5,8,15H,6-7H2,1-3H3;1H4. The lowest BCUT2D eigenvalue weighted by Gasteiger charge is -2.24. The number of carbonyl (C=O) groups is 2. The highest BCUT2D eigenvalue weighted by Gasteiger charge is 2.30. The number of benzene rings is 6. The third-order valence-electron chi connectivity index (χ3n) is 9.81. The van der Waals surface area contributed by atoms with Gasteiger partial charge in [0.05, 0.1) is 11.4 Å². The summed E-state index contributed by atoms with van der Waals surface area (Å²) in [6.45, 7) is 12.9. The van der Waals surface area contributed by atoms with Crippen molar-refractivity contribution in [1.82, 2.24) is 0 Å².